The Morgan fingerprint density at radius 1 is 1.20 bits per heavy atom. The van der Waals surface area contributed by atoms with Crippen molar-refractivity contribution in [3.8, 4) is 0 Å². The molecule has 2 heteroatoms. The van der Waals surface area contributed by atoms with Gasteiger partial charge < -0.3 is 4.90 Å². The van der Waals surface area contributed by atoms with Gasteiger partial charge in [0.2, 0.25) is 5.91 Å². The predicted octanol–water partition coefficient (Wildman–Crippen LogP) is 3.46. The maximum absolute atomic E-state index is 11.6. The van der Waals surface area contributed by atoms with Crippen molar-refractivity contribution in [2.45, 2.75) is 60.3 Å². The molecule has 0 saturated carbocycles. The van der Waals surface area contributed by atoms with Gasteiger partial charge in [-0.1, -0.05) is 40.5 Å². The minimum atomic E-state index is 0.261. The average Bonchev–Trinajstić information content (AvgIpc) is 2.22. The van der Waals surface area contributed by atoms with E-state index in [4.69, 9.17) is 0 Å². The number of hydrogen-bond acceptors (Lipinski definition) is 1. The smallest absolute Gasteiger partial charge is 0.222 e. The van der Waals surface area contributed by atoms with E-state index in [-0.39, 0.29) is 11.3 Å². The predicted molar refractivity (Wildman–Crippen MR) is 65.9 cm³/mol. The first-order valence-corrected chi connectivity index (χ1v) is 6.24. The first-order chi connectivity index (χ1) is 6.96. The lowest BCUT2D eigenvalue weighted by molar-refractivity contribution is -0.132. The number of nitrogens with zero attached hydrogens (tertiary/aromatic N) is 1. The van der Waals surface area contributed by atoms with E-state index in [0.717, 1.165) is 13.1 Å². The highest BCUT2D eigenvalue weighted by atomic mass is 16.2. The second-order valence-corrected chi connectivity index (χ2v) is 5.03. The molecule has 0 aromatic heterocycles. The van der Waals surface area contributed by atoms with Crippen molar-refractivity contribution < 1.29 is 4.79 Å². The van der Waals surface area contributed by atoms with Crippen molar-refractivity contribution in [1.29, 1.82) is 0 Å². The Hall–Kier alpha value is -0.530. The van der Waals surface area contributed by atoms with E-state index in [1.54, 1.807) is 0 Å². The van der Waals surface area contributed by atoms with Gasteiger partial charge in [0.1, 0.15) is 0 Å². The summed E-state index contributed by atoms with van der Waals surface area (Å²) in [4.78, 5) is 13.6. The normalized spacial score (nSPS) is 11.5. The van der Waals surface area contributed by atoms with Crippen LogP contribution in [0.3, 0.4) is 0 Å². The van der Waals surface area contributed by atoms with Crippen molar-refractivity contribution in [2.24, 2.45) is 5.41 Å². The molecule has 0 N–H and O–H groups in total. The van der Waals surface area contributed by atoms with E-state index < -0.39 is 0 Å². The van der Waals surface area contributed by atoms with Crippen LogP contribution in [0.5, 0.6) is 0 Å². The highest BCUT2D eigenvalue weighted by Gasteiger charge is 2.22. The number of carbonyl (C=O) groups excluding carboxylic acids is 1. The van der Waals surface area contributed by atoms with E-state index in [0.29, 0.717) is 6.42 Å². The zero-order valence-corrected chi connectivity index (χ0v) is 11.1. The molecule has 0 heterocycles. The first-order valence-electron chi connectivity index (χ1n) is 6.24. The Morgan fingerprint density at radius 2 is 1.80 bits per heavy atom. The number of unbranched alkanes of at least 4 members (excludes halogenated alkanes) is 1. The van der Waals surface area contributed by atoms with E-state index in [1.807, 2.05) is 11.8 Å². The van der Waals surface area contributed by atoms with Crippen molar-refractivity contribution in [2.75, 3.05) is 13.1 Å². The van der Waals surface area contributed by atoms with Gasteiger partial charge in [0.25, 0.3) is 0 Å². The maximum atomic E-state index is 11.6. The number of amides is 1. The molecular formula is C13H27NO. The van der Waals surface area contributed by atoms with Crippen LogP contribution >= 0.6 is 0 Å². The summed E-state index contributed by atoms with van der Waals surface area (Å²) in [5.41, 5.74) is 0.261. The molecule has 0 atom stereocenters. The molecule has 0 saturated heterocycles. The van der Waals surface area contributed by atoms with Gasteiger partial charge >= 0.3 is 0 Å². The molecule has 0 aromatic rings. The Balaban J connectivity index is 4.20. The van der Waals surface area contributed by atoms with Gasteiger partial charge in [-0.05, 0) is 18.8 Å². The molecule has 0 aliphatic heterocycles. The standard InChI is InChI=1S/C13H27NO/c1-6-9-10-13(4,5)11-14(8-3)12(15)7-2/h6-11H2,1-5H3. The third-order valence-corrected chi connectivity index (χ3v) is 2.86. The maximum Gasteiger partial charge on any atom is 0.222 e. The van der Waals surface area contributed by atoms with Gasteiger partial charge in [-0.25, -0.2) is 0 Å². The summed E-state index contributed by atoms with van der Waals surface area (Å²) < 4.78 is 0. The highest BCUT2D eigenvalue weighted by Crippen LogP contribution is 2.24. The molecule has 0 aliphatic carbocycles. The van der Waals surface area contributed by atoms with E-state index in [9.17, 15) is 4.79 Å². The van der Waals surface area contributed by atoms with Crippen LogP contribution in [0.4, 0.5) is 0 Å². The molecule has 0 aliphatic rings. The summed E-state index contributed by atoms with van der Waals surface area (Å²) in [7, 11) is 0. The van der Waals surface area contributed by atoms with Crippen LogP contribution < -0.4 is 0 Å². The van der Waals surface area contributed by atoms with Crippen LogP contribution in [-0.2, 0) is 4.79 Å². The van der Waals surface area contributed by atoms with E-state index in [1.165, 1.54) is 19.3 Å². The summed E-state index contributed by atoms with van der Waals surface area (Å²) in [6.45, 7) is 12.5. The van der Waals surface area contributed by atoms with Crippen molar-refractivity contribution in [1.82, 2.24) is 4.90 Å². The molecule has 0 aromatic carbocycles. The SMILES string of the molecule is CCCCC(C)(C)CN(CC)C(=O)CC. The van der Waals surface area contributed by atoms with E-state index in [2.05, 4.69) is 27.7 Å². The van der Waals surface area contributed by atoms with Crippen molar-refractivity contribution >= 4 is 5.91 Å². The lowest BCUT2D eigenvalue weighted by Crippen LogP contribution is -2.38. The molecule has 0 bridgehead atoms. The summed E-state index contributed by atoms with van der Waals surface area (Å²) in [5.74, 6) is 0.280. The van der Waals surface area contributed by atoms with Crippen molar-refractivity contribution in [3.63, 3.8) is 0 Å². The Bertz CT molecular complexity index is 187. The molecule has 0 fully saturated rings. The van der Waals surface area contributed by atoms with Gasteiger partial charge in [-0.15, -0.1) is 0 Å². The first kappa shape index (κ1) is 14.5. The van der Waals surface area contributed by atoms with Crippen LogP contribution in [0.1, 0.15) is 60.3 Å². The van der Waals surface area contributed by atoms with Gasteiger partial charge in [0.05, 0.1) is 0 Å². The minimum Gasteiger partial charge on any atom is -0.342 e. The molecular weight excluding hydrogens is 186 g/mol. The Morgan fingerprint density at radius 3 is 2.20 bits per heavy atom. The van der Waals surface area contributed by atoms with Gasteiger partial charge in [0.15, 0.2) is 0 Å². The largest absolute Gasteiger partial charge is 0.342 e. The summed E-state index contributed by atoms with van der Waals surface area (Å²) in [5, 5.41) is 0. The third-order valence-electron chi connectivity index (χ3n) is 2.86. The number of hydrogen-bond donors (Lipinski definition) is 0. The molecule has 2 nitrogen and oxygen atoms in total. The van der Waals surface area contributed by atoms with Crippen LogP contribution in [0.2, 0.25) is 0 Å². The van der Waals surface area contributed by atoms with Crippen molar-refractivity contribution in [3.05, 3.63) is 0 Å². The lowest BCUT2D eigenvalue weighted by Gasteiger charge is -2.32. The summed E-state index contributed by atoms with van der Waals surface area (Å²) in [6, 6.07) is 0. The molecule has 1 amide bonds. The Kier molecular flexibility index (Phi) is 6.62. The monoisotopic (exact) mass is 213 g/mol. The fourth-order valence-electron chi connectivity index (χ4n) is 1.85. The van der Waals surface area contributed by atoms with Crippen LogP contribution in [0.25, 0.3) is 0 Å². The second-order valence-electron chi connectivity index (χ2n) is 5.03. The van der Waals surface area contributed by atoms with Gasteiger partial charge in [-0.2, -0.15) is 0 Å². The zero-order chi connectivity index (χ0) is 11.9. The summed E-state index contributed by atoms with van der Waals surface area (Å²) >= 11 is 0. The van der Waals surface area contributed by atoms with E-state index >= 15 is 0 Å². The van der Waals surface area contributed by atoms with Gasteiger partial charge in [-0.3, -0.25) is 4.79 Å². The van der Waals surface area contributed by atoms with Crippen LogP contribution in [0, 0.1) is 5.41 Å². The third kappa shape index (κ3) is 5.81. The molecule has 15 heavy (non-hydrogen) atoms. The number of rotatable bonds is 7. The fraction of sp³-hybridized carbons (Fsp3) is 0.923. The average molecular weight is 213 g/mol. The summed E-state index contributed by atoms with van der Waals surface area (Å²) in [6.07, 6.45) is 4.32. The topological polar surface area (TPSA) is 20.3 Å². The Labute approximate surface area is 95.0 Å². The highest BCUT2D eigenvalue weighted by molar-refractivity contribution is 5.75. The lowest BCUT2D eigenvalue weighted by atomic mass is 9.86. The molecule has 90 valence electrons. The fourth-order valence-corrected chi connectivity index (χ4v) is 1.85. The molecule has 0 radical (unpaired) electrons. The van der Waals surface area contributed by atoms with Crippen LogP contribution in [-0.4, -0.2) is 23.9 Å². The second kappa shape index (κ2) is 6.86. The molecule has 0 rings (SSSR count). The number of carbonyl (C=O) groups is 1. The van der Waals surface area contributed by atoms with Gasteiger partial charge in [0, 0.05) is 19.5 Å². The zero-order valence-electron chi connectivity index (χ0n) is 11.1. The quantitative estimate of drug-likeness (QED) is 0.634. The minimum absolute atomic E-state index is 0.261. The molecule has 0 spiro atoms. The molecule has 0 unspecified atom stereocenters. The van der Waals surface area contributed by atoms with Crippen LogP contribution in [0.15, 0.2) is 0 Å².